The summed E-state index contributed by atoms with van der Waals surface area (Å²) in [4.78, 5) is 30.4. The maximum Gasteiger partial charge on any atom is 0.339 e. The molecule has 0 saturated carbocycles. The van der Waals surface area contributed by atoms with E-state index < -0.39 is 18.5 Å². The van der Waals surface area contributed by atoms with Gasteiger partial charge in [-0.1, -0.05) is 54.6 Å². The molecule has 6 nitrogen and oxygen atoms in total. The molecular formula is C32H26N2O4S. The number of carbonyl (C=O) groups excluding carboxylic acids is 2. The minimum Gasteiger partial charge on any atom is -0.496 e. The predicted octanol–water partition coefficient (Wildman–Crippen LogP) is 7.00. The molecule has 0 radical (unpaired) electrons. The second-order valence-electron chi connectivity index (χ2n) is 8.86. The van der Waals surface area contributed by atoms with Gasteiger partial charge in [0.25, 0.3) is 5.91 Å². The summed E-state index contributed by atoms with van der Waals surface area (Å²) in [6.07, 6.45) is 1.70. The molecule has 0 aliphatic rings. The third-order valence-corrected chi connectivity index (χ3v) is 7.10. The lowest BCUT2D eigenvalue weighted by Gasteiger charge is -2.11. The molecule has 0 bridgehead atoms. The van der Waals surface area contributed by atoms with E-state index in [1.807, 2.05) is 91.0 Å². The number of aromatic nitrogens is 1. The number of nitrogens with one attached hydrogen (secondary N) is 1. The van der Waals surface area contributed by atoms with Crippen LogP contribution in [0.1, 0.15) is 16.7 Å². The van der Waals surface area contributed by atoms with Crippen LogP contribution in [0.2, 0.25) is 0 Å². The van der Waals surface area contributed by atoms with E-state index in [1.54, 1.807) is 24.5 Å². The maximum absolute atomic E-state index is 13.1. The van der Waals surface area contributed by atoms with E-state index in [9.17, 15) is 9.59 Å². The van der Waals surface area contributed by atoms with Gasteiger partial charge in [-0.15, -0.1) is 11.3 Å². The van der Waals surface area contributed by atoms with Gasteiger partial charge in [0.15, 0.2) is 6.61 Å². The molecule has 0 saturated heterocycles. The number of thiazole rings is 1. The van der Waals surface area contributed by atoms with E-state index in [0.717, 1.165) is 26.4 Å². The summed E-state index contributed by atoms with van der Waals surface area (Å²) in [6, 6.07) is 30.2. The summed E-state index contributed by atoms with van der Waals surface area (Å²) in [5.41, 5.74) is 5.45. The van der Waals surface area contributed by atoms with Crippen LogP contribution in [0.25, 0.3) is 32.4 Å². The third kappa shape index (κ3) is 6.22. The van der Waals surface area contributed by atoms with E-state index in [-0.39, 0.29) is 0 Å². The van der Waals surface area contributed by atoms with Crippen molar-refractivity contribution in [3.63, 3.8) is 0 Å². The first-order chi connectivity index (χ1) is 19.0. The standard InChI is InChI=1S/C32H26N2O4S/c1-21-12-17-27-29(18-21)39-31(34-27)23-13-15-25(16-14-23)33-30(35)20-38-32(36)26(22-8-4-3-5-9-22)19-24-10-6-7-11-28(24)37-2/h3-19H,20H2,1-2H3,(H,33,35)/b26-19+. The molecule has 0 aliphatic heterocycles. The van der Waals surface area contributed by atoms with E-state index in [2.05, 4.69) is 18.3 Å². The summed E-state index contributed by atoms with van der Waals surface area (Å²) in [5, 5.41) is 3.70. The number of anilines is 1. The van der Waals surface area contributed by atoms with Gasteiger partial charge in [-0.05, 0) is 66.6 Å². The first-order valence-electron chi connectivity index (χ1n) is 12.3. The van der Waals surface area contributed by atoms with Gasteiger partial charge in [0.05, 0.1) is 22.9 Å². The van der Waals surface area contributed by atoms with Crippen LogP contribution in [0.3, 0.4) is 0 Å². The normalized spacial score (nSPS) is 11.3. The Balaban J connectivity index is 1.25. The fraction of sp³-hybridized carbons (Fsp3) is 0.0938. The molecule has 1 aromatic heterocycles. The van der Waals surface area contributed by atoms with Gasteiger partial charge in [0.1, 0.15) is 10.8 Å². The Bertz CT molecular complexity index is 1660. The summed E-state index contributed by atoms with van der Waals surface area (Å²) >= 11 is 1.63. The minimum absolute atomic E-state index is 0.322. The van der Waals surface area contributed by atoms with Crippen molar-refractivity contribution in [1.29, 1.82) is 0 Å². The number of ether oxygens (including phenoxy) is 2. The Morgan fingerprint density at radius 2 is 1.67 bits per heavy atom. The molecule has 5 aromatic rings. The Kier molecular flexibility index (Phi) is 7.80. The van der Waals surface area contributed by atoms with Crippen LogP contribution >= 0.6 is 11.3 Å². The van der Waals surface area contributed by atoms with Crippen molar-refractivity contribution in [2.45, 2.75) is 6.92 Å². The van der Waals surface area contributed by atoms with Crippen molar-refractivity contribution < 1.29 is 19.1 Å². The highest BCUT2D eigenvalue weighted by Crippen LogP contribution is 2.31. The first-order valence-corrected chi connectivity index (χ1v) is 13.2. The number of amides is 1. The monoisotopic (exact) mass is 534 g/mol. The third-order valence-electron chi connectivity index (χ3n) is 6.04. The lowest BCUT2D eigenvalue weighted by Crippen LogP contribution is -2.21. The molecule has 0 fully saturated rings. The number of aryl methyl sites for hydroxylation is 1. The lowest BCUT2D eigenvalue weighted by molar-refractivity contribution is -0.141. The number of hydrogen-bond donors (Lipinski definition) is 1. The van der Waals surface area contributed by atoms with E-state index in [0.29, 0.717) is 22.6 Å². The van der Waals surface area contributed by atoms with Crippen LogP contribution in [0.4, 0.5) is 5.69 Å². The van der Waals surface area contributed by atoms with Crippen LogP contribution in [0.5, 0.6) is 5.75 Å². The van der Waals surface area contributed by atoms with E-state index in [4.69, 9.17) is 14.5 Å². The summed E-state index contributed by atoms with van der Waals surface area (Å²) in [6.45, 7) is 1.64. The number of rotatable bonds is 8. The van der Waals surface area contributed by atoms with Crippen molar-refractivity contribution in [3.8, 4) is 16.3 Å². The number of esters is 1. The molecule has 7 heteroatoms. The van der Waals surface area contributed by atoms with Gasteiger partial charge < -0.3 is 14.8 Å². The smallest absolute Gasteiger partial charge is 0.339 e. The highest BCUT2D eigenvalue weighted by atomic mass is 32.1. The molecule has 4 aromatic carbocycles. The molecular weight excluding hydrogens is 508 g/mol. The van der Waals surface area contributed by atoms with Crippen molar-refractivity contribution in [2.24, 2.45) is 0 Å². The van der Waals surface area contributed by atoms with Crippen LogP contribution in [0, 0.1) is 6.92 Å². The van der Waals surface area contributed by atoms with Crippen molar-refractivity contribution in [3.05, 3.63) is 114 Å². The SMILES string of the molecule is COc1ccccc1/C=C(/C(=O)OCC(=O)Nc1ccc(-c2nc3ccc(C)cc3s2)cc1)c1ccccc1. The first kappa shape index (κ1) is 25.9. The van der Waals surface area contributed by atoms with Gasteiger partial charge in [0.2, 0.25) is 0 Å². The summed E-state index contributed by atoms with van der Waals surface area (Å²) in [7, 11) is 1.57. The molecule has 1 N–H and O–H groups in total. The quantitative estimate of drug-likeness (QED) is 0.132. The molecule has 194 valence electrons. The molecule has 39 heavy (non-hydrogen) atoms. The van der Waals surface area contributed by atoms with Crippen LogP contribution in [0.15, 0.2) is 97.1 Å². The van der Waals surface area contributed by atoms with E-state index >= 15 is 0 Å². The molecule has 0 unspecified atom stereocenters. The summed E-state index contributed by atoms with van der Waals surface area (Å²) < 4.78 is 12.0. The highest BCUT2D eigenvalue weighted by molar-refractivity contribution is 7.21. The predicted molar refractivity (Wildman–Crippen MR) is 157 cm³/mol. The second-order valence-corrected chi connectivity index (χ2v) is 9.89. The molecule has 0 spiro atoms. The van der Waals surface area contributed by atoms with Crippen LogP contribution < -0.4 is 10.1 Å². The van der Waals surface area contributed by atoms with Crippen LogP contribution in [-0.2, 0) is 14.3 Å². The number of carbonyl (C=O) groups is 2. The lowest BCUT2D eigenvalue weighted by atomic mass is 10.0. The largest absolute Gasteiger partial charge is 0.496 e. The van der Waals surface area contributed by atoms with Gasteiger partial charge in [-0.2, -0.15) is 0 Å². The Labute approximate surface area is 230 Å². The number of nitrogens with zero attached hydrogens (tertiary/aromatic N) is 1. The topological polar surface area (TPSA) is 77.5 Å². The Morgan fingerprint density at radius 3 is 2.44 bits per heavy atom. The molecule has 1 heterocycles. The summed E-state index contributed by atoms with van der Waals surface area (Å²) in [5.74, 6) is -0.416. The fourth-order valence-electron chi connectivity index (χ4n) is 4.08. The van der Waals surface area contributed by atoms with Crippen molar-refractivity contribution in [2.75, 3.05) is 19.0 Å². The highest BCUT2D eigenvalue weighted by Gasteiger charge is 2.17. The number of para-hydroxylation sites is 1. The van der Waals surface area contributed by atoms with Gasteiger partial charge in [-0.3, -0.25) is 4.79 Å². The fourth-order valence-corrected chi connectivity index (χ4v) is 5.15. The number of methoxy groups -OCH3 is 1. The average molecular weight is 535 g/mol. The molecule has 1 amide bonds. The van der Waals surface area contributed by atoms with Crippen molar-refractivity contribution in [1.82, 2.24) is 4.98 Å². The number of fused-ring (bicyclic) bond motifs is 1. The zero-order valence-corrected chi connectivity index (χ0v) is 22.3. The maximum atomic E-state index is 13.1. The second kappa shape index (κ2) is 11.8. The zero-order chi connectivity index (χ0) is 27.2. The van der Waals surface area contributed by atoms with Crippen molar-refractivity contribution >= 4 is 50.8 Å². The van der Waals surface area contributed by atoms with Crippen LogP contribution in [-0.4, -0.2) is 30.6 Å². The minimum atomic E-state index is -0.608. The van der Waals surface area contributed by atoms with E-state index in [1.165, 1.54) is 5.56 Å². The number of hydrogen-bond acceptors (Lipinski definition) is 6. The molecule has 5 rings (SSSR count). The molecule has 0 atom stereocenters. The van der Waals surface area contributed by atoms with Gasteiger partial charge >= 0.3 is 5.97 Å². The molecule has 0 aliphatic carbocycles. The Hall–Kier alpha value is -4.75. The average Bonchev–Trinajstić information content (AvgIpc) is 3.39. The van der Waals surface area contributed by atoms with Gasteiger partial charge in [-0.25, -0.2) is 9.78 Å². The van der Waals surface area contributed by atoms with Gasteiger partial charge in [0, 0.05) is 16.8 Å². The zero-order valence-electron chi connectivity index (χ0n) is 21.5. The number of benzene rings is 4. The Morgan fingerprint density at radius 1 is 0.923 bits per heavy atom.